The van der Waals surface area contributed by atoms with Crippen LogP contribution in [0, 0.1) is 17.8 Å². The van der Waals surface area contributed by atoms with Gasteiger partial charge >= 0.3 is 5.97 Å². The quantitative estimate of drug-likeness (QED) is 0.728. The lowest BCUT2D eigenvalue weighted by molar-refractivity contribution is -0.140. The number of hydrogen-bond acceptors (Lipinski definition) is 3. The van der Waals surface area contributed by atoms with E-state index in [0.29, 0.717) is 25.4 Å². The van der Waals surface area contributed by atoms with Crippen molar-refractivity contribution in [1.82, 2.24) is 10.2 Å². The van der Waals surface area contributed by atoms with E-state index in [1.807, 2.05) is 13.8 Å². The van der Waals surface area contributed by atoms with E-state index >= 15 is 0 Å². The van der Waals surface area contributed by atoms with Crippen LogP contribution in [0.5, 0.6) is 0 Å². The summed E-state index contributed by atoms with van der Waals surface area (Å²) in [5.74, 6) is -1.48. The van der Waals surface area contributed by atoms with Gasteiger partial charge in [-0.3, -0.25) is 14.4 Å². The summed E-state index contributed by atoms with van der Waals surface area (Å²) >= 11 is 0. The molecule has 116 valence electrons. The predicted molar refractivity (Wildman–Crippen MR) is 76.3 cm³/mol. The van der Waals surface area contributed by atoms with Crippen molar-refractivity contribution >= 4 is 17.8 Å². The number of carbonyl (C=O) groups is 3. The minimum absolute atomic E-state index is 0.0224. The minimum Gasteiger partial charge on any atom is -0.481 e. The Kier molecular flexibility index (Phi) is 4.65. The van der Waals surface area contributed by atoms with Gasteiger partial charge in [0.2, 0.25) is 11.8 Å². The number of carboxylic acids is 1. The molecule has 1 aliphatic heterocycles. The van der Waals surface area contributed by atoms with Crippen molar-refractivity contribution in [1.29, 1.82) is 0 Å². The summed E-state index contributed by atoms with van der Waals surface area (Å²) in [5.41, 5.74) is 0. The Morgan fingerprint density at radius 2 is 2.14 bits per heavy atom. The maximum atomic E-state index is 12.2. The Labute approximate surface area is 124 Å². The average Bonchev–Trinajstić information content (AvgIpc) is 2.97. The largest absolute Gasteiger partial charge is 0.481 e. The fourth-order valence-corrected chi connectivity index (χ4v) is 2.85. The van der Waals surface area contributed by atoms with E-state index in [1.165, 1.54) is 0 Å². The fourth-order valence-electron chi connectivity index (χ4n) is 2.85. The van der Waals surface area contributed by atoms with Crippen LogP contribution >= 0.6 is 0 Å². The zero-order valence-electron chi connectivity index (χ0n) is 12.4. The first kappa shape index (κ1) is 15.5. The molecule has 1 heterocycles. The molecule has 0 radical (unpaired) electrons. The van der Waals surface area contributed by atoms with Gasteiger partial charge in [-0.25, -0.2) is 0 Å². The number of nitrogens with one attached hydrogen (secondary N) is 1. The Morgan fingerprint density at radius 3 is 2.71 bits per heavy atom. The maximum Gasteiger partial charge on any atom is 0.310 e. The third-order valence-corrected chi connectivity index (χ3v) is 3.90. The molecule has 6 heteroatoms. The summed E-state index contributed by atoms with van der Waals surface area (Å²) in [5, 5.41) is 11.7. The summed E-state index contributed by atoms with van der Waals surface area (Å²) in [6, 6.07) is -0.243. The molecule has 0 spiro atoms. The van der Waals surface area contributed by atoms with Crippen LogP contribution in [0.3, 0.4) is 0 Å². The molecule has 0 aromatic carbocycles. The molecule has 3 atom stereocenters. The highest BCUT2D eigenvalue weighted by molar-refractivity contribution is 5.89. The van der Waals surface area contributed by atoms with Gasteiger partial charge in [-0.15, -0.1) is 0 Å². The molecule has 2 N–H and O–H groups in total. The molecule has 1 saturated heterocycles. The molecule has 0 aromatic heterocycles. The summed E-state index contributed by atoms with van der Waals surface area (Å²) in [6.45, 7) is 5.21. The lowest BCUT2D eigenvalue weighted by Gasteiger charge is -2.19. The molecule has 2 rings (SSSR count). The number of nitrogens with zero attached hydrogens (tertiary/aromatic N) is 1. The van der Waals surface area contributed by atoms with Gasteiger partial charge in [0, 0.05) is 25.6 Å². The first-order valence-corrected chi connectivity index (χ1v) is 7.36. The number of hydrogen-bond donors (Lipinski definition) is 2. The molecule has 1 fully saturated rings. The van der Waals surface area contributed by atoms with Gasteiger partial charge < -0.3 is 15.3 Å². The Hall–Kier alpha value is -1.85. The molecule has 2 aliphatic rings. The highest BCUT2D eigenvalue weighted by atomic mass is 16.4. The lowest BCUT2D eigenvalue weighted by Crippen LogP contribution is -2.39. The molecule has 3 unspecified atom stereocenters. The number of carbonyl (C=O) groups excluding carboxylic acids is 2. The second-order valence-electron chi connectivity index (χ2n) is 6.27. The van der Waals surface area contributed by atoms with Crippen LogP contribution in [0.1, 0.15) is 26.7 Å². The maximum absolute atomic E-state index is 12.2. The van der Waals surface area contributed by atoms with Crippen LogP contribution in [0.2, 0.25) is 0 Å². The zero-order valence-corrected chi connectivity index (χ0v) is 12.4. The van der Waals surface area contributed by atoms with E-state index in [9.17, 15) is 14.4 Å². The van der Waals surface area contributed by atoms with Gasteiger partial charge in [-0.2, -0.15) is 0 Å². The molecule has 2 amide bonds. The van der Waals surface area contributed by atoms with Gasteiger partial charge in [-0.05, 0) is 12.3 Å². The van der Waals surface area contributed by atoms with Crippen molar-refractivity contribution in [2.75, 3.05) is 13.1 Å². The van der Waals surface area contributed by atoms with E-state index in [4.69, 9.17) is 5.11 Å². The van der Waals surface area contributed by atoms with Gasteiger partial charge in [0.05, 0.1) is 11.8 Å². The van der Waals surface area contributed by atoms with Crippen LogP contribution in [0.25, 0.3) is 0 Å². The fraction of sp³-hybridized carbons (Fsp3) is 0.667. The molecule has 0 saturated carbocycles. The topological polar surface area (TPSA) is 86.7 Å². The molecule has 0 aromatic rings. The van der Waals surface area contributed by atoms with Gasteiger partial charge in [-0.1, -0.05) is 26.0 Å². The van der Waals surface area contributed by atoms with Crippen LogP contribution in [-0.2, 0) is 14.4 Å². The lowest BCUT2D eigenvalue weighted by atomic mass is 10.1. The van der Waals surface area contributed by atoms with Gasteiger partial charge in [0.25, 0.3) is 0 Å². The Balaban J connectivity index is 1.84. The molecule has 6 nitrogen and oxygen atoms in total. The predicted octanol–water partition coefficient (Wildman–Crippen LogP) is 0.636. The minimum atomic E-state index is -0.873. The number of carboxylic acid groups (broad SMARTS) is 1. The van der Waals surface area contributed by atoms with Crippen LogP contribution < -0.4 is 5.32 Å². The summed E-state index contributed by atoms with van der Waals surface area (Å²) in [7, 11) is 0. The standard InChI is InChI=1S/C15H22N2O4/c1-9(2)7-17-8-11(6-13(17)18)14(19)16-12-4-3-10(5-12)15(20)21/h3-4,9-12H,5-8H2,1-2H3,(H,16,19)(H,20,21). The van der Waals surface area contributed by atoms with Crippen LogP contribution in [0.15, 0.2) is 12.2 Å². The first-order chi connectivity index (χ1) is 9.86. The molecular formula is C15H22N2O4. The van der Waals surface area contributed by atoms with Crippen molar-refractivity contribution in [3.63, 3.8) is 0 Å². The summed E-state index contributed by atoms with van der Waals surface area (Å²) in [4.78, 5) is 36.6. The third-order valence-electron chi connectivity index (χ3n) is 3.90. The highest BCUT2D eigenvalue weighted by Gasteiger charge is 2.35. The van der Waals surface area contributed by atoms with E-state index in [0.717, 1.165) is 0 Å². The zero-order chi connectivity index (χ0) is 15.6. The summed E-state index contributed by atoms with van der Waals surface area (Å²) < 4.78 is 0. The number of rotatable bonds is 5. The first-order valence-electron chi connectivity index (χ1n) is 7.36. The van der Waals surface area contributed by atoms with Crippen LogP contribution in [0.4, 0.5) is 0 Å². The molecular weight excluding hydrogens is 272 g/mol. The molecule has 21 heavy (non-hydrogen) atoms. The van der Waals surface area contributed by atoms with Crippen molar-refractivity contribution in [3.8, 4) is 0 Å². The van der Waals surface area contributed by atoms with Crippen molar-refractivity contribution in [2.45, 2.75) is 32.7 Å². The van der Waals surface area contributed by atoms with Gasteiger partial charge in [0.15, 0.2) is 0 Å². The number of aliphatic carboxylic acids is 1. The van der Waals surface area contributed by atoms with E-state index in [-0.39, 0.29) is 30.2 Å². The van der Waals surface area contributed by atoms with Crippen molar-refractivity contribution in [2.24, 2.45) is 17.8 Å². The second-order valence-corrected chi connectivity index (χ2v) is 6.27. The number of likely N-dealkylation sites (tertiary alicyclic amines) is 1. The van der Waals surface area contributed by atoms with Crippen molar-refractivity contribution in [3.05, 3.63) is 12.2 Å². The van der Waals surface area contributed by atoms with Gasteiger partial charge in [0.1, 0.15) is 0 Å². The third kappa shape index (κ3) is 3.83. The Bertz CT molecular complexity index is 472. The highest BCUT2D eigenvalue weighted by Crippen LogP contribution is 2.22. The summed E-state index contributed by atoms with van der Waals surface area (Å²) in [6.07, 6.45) is 3.96. The molecule has 1 aliphatic carbocycles. The van der Waals surface area contributed by atoms with Crippen LogP contribution in [-0.4, -0.2) is 46.9 Å². The normalized spacial score (nSPS) is 28.4. The smallest absolute Gasteiger partial charge is 0.310 e. The van der Waals surface area contributed by atoms with Crippen molar-refractivity contribution < 1.29 is 19.5 Å². The second kappa shape index (κ2) is 6.28. The average molecular weight is 294 g/mol. The van der Waals surface area contributed by atoms with E-state index in [1.54, 1.807) is 17.1 Å². The SMILES string of the molecule is CC(C)CN1CC(C(=O)NC2C=CC(C(=O)O)C2)CC1=O. The monoisotopic (exact) mass is 294 g/mol. The van der Waals surface area contributed by atoms with E-state index in [2.05, 4.69) is 5.32 Å². The molecule has 0 bridgehead atoms. The van der Waals surface area contributed by atoms with E-state index < -0.39 is 11.9 Å². The Morgan fingerprint density at radius 1 is 1.43 bits per heavy atom. The number of amides is 2.